The number of hydrogen-bond acceptors (Lipinski definition) is 8. The molecule has 0 aliphatic heterocycles. The number of nitro groups is 1. The van der Waals surface area contributed by atoms with Crippen LogP contribution in [0.3, 0.4) is 0 Å². The molecule has 204 valence electrons. The standard InChI is InChI=1S/C30H22ClN5O4S/c31-24-12-15-28(40-18-20-6-13-26(14-7-20)36(38)39)23(16-24)17-32-35-29(37)22-10-8-21(9-11-22)27-19-41-30(34-27)33-25-4-2-1-3-5-25/h1-17,19H,18H2,(H,33,34)(H,35,37)/b32-17-. The summed E-state index contributed by atoms with van der Waals surface area (Å²) in [6.45, 7) is 0.183. The number of carbonyl (C=O) groups is 1. The van der Waals surface area contributed by atoms with Crippen molar-refractivity contribution in [1.29, 1.82) is 0 Å². The van der Waals surface area contributed by atoms with Gasteiger partial charge in [0.15, 0.2) is 5.13 Å². The highest BCUT2D eigenvalue weighted by molar-refractivity contribution is 7.14. The van der Waals surface area contributed by atoms with E-state index in [0.717, 1.165) is 27.6 Å². The zero-order valence-corrected chi connectivity index (χ0v) is 22.9. The lowest BCUT2D eigenvalue weighted by Gasteiger charge is -2.09. The van der Waals surface area contributed by atoms with Crippen molar-refractivity contribution in [3.8, 4) is 17.0 Å². The number of nitro benzene ring substituents is 1. The number of nitrogens with one attached hydrogen (secondary N) is 2. The summed E-state index contributed by atoms with van der Waals surface area (Å²) >= 11 is 7.65. The number of ether oxygens (including phenoxy) is 1. The van der Waals surface area contributed by atoms with Gasteiger partial charge in [0.2, 0.25) is 0 Å². The minimum atomic E-state index is -0.456. The molecular formula is C30H22ClN5O4S. The summed E-state index contributed by atoms with van der Waals surface area (Å²) in [6.07, 6.45) is 1.44. The third-order valence-electron chi connectivity index (χ3n) is 5.86. The van der Waals surface area contributed by atoms with Crippen LogP contribution in [0.5, 0.6) is 5.75 Å². The number of benzene rings is 4. The number of amides is 1. The van der Waals surface area contributed by atoms with E-state index in [-0.39, 0.29) is 18.2 Å². The van der Waals surface area contributed by atoms with Crippen molar-refractivity contribution in [1.82, 2.24) is 10.4 Å². The maximum atomic E-state index is 12.7. The van der Waals surface area contributed by atoms with Crippen LogP contribution in [0.1, 0.15) is 21.5 Å². The molecule has 5 aromatic rings. The van der Waals surface area contributed by atoms with E-state index in [9.17, 15) is 14.9 Å². The Morgan fingerprint density at radius 2 is 1.78 bits per heavy atom. The quantitative estimate of drug-likeness (QED) is 0.100. The molecule has 4 aromatic carbocycles. The predicted octanol–water partition coefficient (Wildman–Crippen LogP) is 7.46. The lowest BCUT2D eigenvalue weighted by Crippen LogP contribution is -2.17. The Kier molecular flexibility index (Phi) is 8.63. The number of aromatic nitrogens is 1. The van der Waals surface area contributed by atoms with Gasteiger partial charge in [0.25, 0.3) is 11.6 Å². The topological polar surface area (TPSA) is 119 Å². The number of non-ortho nitro benzene ring substituents is 1. The van der Waals surface area contributed by atoms with Crippen LogP contribution in [0.15, 0.2) is 108 Å². The molecule has 0 saturated heterocycles. The fourth-order valence-electron chi connectivity index (χ4n) is 3.75. The molecule has 0 bridgehead atoms. The summed E-state index contributed by atoms with van der Waals surface area (Å²) in [5.41, 5.74) is 6.92. The Morgan fingerprint density at radius 1 is 1.02 bits per heavy atom. The minimum Gasteiger partial charge on any atom is -0.488 e. The molecule has 0 spiro atoms. The highest BCUT2D eigenvalue weighted by Gasteiger charge is 2.10. The lowest BCUT2D eigenvalue weighted by atomic mass is 10.1. The predicted molar refractivity (Wildman–Crippen MR) is 161 cm³/mol. The summed E-state index contributed by atoms with van der Waals surface area (Å²) in [4.78, 5) is 27.7. The van der Waals surface area contributed by atoms with E-state index in [0.29, 0.717) is 21.9 Å². The minimum absolute atomic E-state index is 0.00634. The second-order valence-electron chi connectivity index (χ2n) is 8.70. The summed E-state index contributed by atoms with van der Waals surface area (Å²) < 4.78 is 5.87. The first-order valence-corrected chi connectivity index (χ1v) is 13.6. The Bertz CT molecular complexity index is 1690. The molecule has 11 heteroatoms. The average Bonchev–Trinajstić information content (AvgIpc) is 3.46. The van der Waals surface area contributed by atoms with Crippen LogP contribution >= 0.6 is 22.9 Å². The summed E-state index contributed by atoms with van der Waals surface area (Å²) in [5.74, 6) is 0.104. The van der Waals surface area contributed by atoms with Gasteiger partial charge in [-0.3, -0.25) is 14.9 Å². The van der Waals surface area contributed by atoms with Crippen molar-refractivity contribution in [2.75, 3.05) is 5.32 Å². The smallest absolute Gasteiger partial charge is 0.271 e. The van der Waals surface area contributed by atoms with Gasteiger partial charge in [0, 0.05) is 44.9 Å². The fraction of sp³-hybridized carbons (Fsp3) is 0.0333. The number of anilines is 2. The second-order valence-corrected chi connectivity index (χ2v) is 9.99. The molecule has 0 radical (unpaired) electrons. The van der Waals surface area contributed by atoms with E-state index in [1.54, 1.807) is 42.5 Å². The molecule has 5 rings (SSSR count). The van der Waals surface area contributed by atoms with Gasteiger partial charge in [-0.1, -0.05) is 41.9 Å². The maximum Gasteiger partial charge on any atom is 0.271 e. The summed E-state index contributed by atoms with van der Waals surface area (Å²) in [5, 5.41) is 21.4. The Morgan fingerprint density at radius 3 is 2.51 bits per heavy atom. The molecule has 0 fully saturated rings. The van der Waals surface area contributed by atoms with Crippen LogP contribution in [0.2, 0.25) is 5.02 Å². The van der Waals surface area contributed by atoms with Crippen LogP contribution in [-0.2, 0) is 6.61 Å². The molecule has 0 atom stereocenters. The number of halogens is 1. The lowest BCUT2D eigenvalue weighted by molar-refractivity contribution is -0.384. The van der Waals surface area contributed by atoms with Crippen LogP contribution in [0, 0.1) is 10.1 Å². The largest absolute Gasteiger partial charge is 0.488 e. The van der Waals surface area contributed by atoms with E-state index in [1.807, 2.05) is 47.8 Å². The first-order valence-electron chi connectivity index (χ1n) is 12.3. The molecule has 0 aliphatic rings. The highest BCUT2D eigenvalue weighted by atomic mass is 35.5. The van der Waals surface area contributed by atoms with Gasteiger partial charge < -0.3 is 10.1 Å². The normalized spacial score (nSPS) is 10.9. The van der Waals surface area contributed by atoms with E-state index in [4.69, 9.17) is 16.3 Å². The van der Waals surface area contributed by atoms with Crippen molar-refractivity contribution < 1.29 is 14.5 Å². The average molecular weight is 584 g/mol. The highest BCUT2D eigenvalue weighted by Crippen LogP contribution is 2.27. The maximum absolute atomic E-state index is 12.7. The first-order chi connectivity index (χ1) is 19.9. The number of carbonyl (C=O) groups excluding carboxylic acids is 1. The third-order valence-corrected chi connectivity index (χ3v) is 6.85. The van der Waals surface area contributed by atoms with Crippen LogP contribution in [0.25, 0.3) is 11.3 Å². The van der Waals surface area contributed by atoms with Crippen LogP contribution in [-0.4, -0.2) is 22.0 Å². The number of rotatable bonds is 10. The molecule has 1 aromatic heterocycles. The monoisotopic (exact) mass is 583 g/mol. The Labute approximate surface area is 244 Å². The number of nitrogens with zero attached hydrogens (tertiary/aromatic N) is 3. The van der Waals surface area contributed by atoms with Crippen LogP contribution < -0.4 is 15.5 Å². The molecule has 1 heterocycles. The third kappa shape index (κ3) is 7.33. The number of hydrazone groups is 1. The molecule has 9 nitrogen and oxygen atoms in total. The van der Waals surface area contributed by atoms with Crippen molar-refractivity contribution in [3.63, 3.8) is 0 Å². The van der Waals surface area contributed by atoms with Gasteiger partial charge in [-0.15, -0.1) is 11.3 Å². The van der Waals surface area contributed by atoms with Gasteiger partial charge in [-0.25, -0.2) is 10.4 Å². The first kappa shape index (κ1) is 27.5. The van der Waals surface area contributed by atoms with Gasteiger partial charge in [-0.2, -0.15) is 5.10 Å². The van der Waals surface area contributed by atoms with Crippen molar-refractivity contribution in [3.05, 3.63) is 134 Å². The number of hydrogen-bond donors (Lipinski definition) is 2. The summed E-state index contributed by atoms with van der Waals surface area (Å²) in [7, 11) is 0. The van der Waals surface area contributed by atoms with E-state index < -0.39 is 4.92 Å². The van der Waals surface area contributed by atoms with Gasteiger partial charge in [0.1, 0.15) is 12.4 Å². The number of thiazole rings is 1. The molecule has 0 saturated carbocycles. The zero-order valence-electron chi connectivity index (χ0n) is 21.4. The molecule has 0 aliphatic carbocycles. The van der Waals surface area contributed by atoms with Crippen LogP contribution in [0.4, 0.5) is 16.5 Å². The van der Waals surface area contributed by atoms with Crippen molar-refractivity contribution >= 4 is 51.6 Å². The van der Waals surface area contributed by atoms with Crippen molar-refractivity contribution in [2.24, 2.45) is 5.10 Å². The molecule has 41 heavy (non-hydrogen) atoms. The SMILES string of the molecule is O=C(N/N=C\c1cc(Cl)ccc1OCc1ccc([N+](=O)[O-])cc1)c1ccc(-c2csc(Nc3ccccc3)n2)cc1. The zero-order chi connectivity index (χ0) is 28.6. The fourth-order valence-corrected chi connectivity index (χ4v) is 4.67. The second kappa shape index (κ2) is 12.9. The Balaban J connectivity index is 1.19. The van der Waals surface area contributed by atoms with E-state index in [1.165, 1.54) is 29.7 Å². The van der Waals surface area contributed by atoms with Crippen molar-refractivity contribution in [2.45, 2.75) is 6.61 Å². The summed E-state index contributed by atoms with van der Waals surface area (Å²) in [6, 6.07) is 28.0. The number of para-hydroxylation sites is 1. The molecule has 1 amide bonds. The molecule has 2 N–H and O–H groups in total. The van der Waals surface area contributed by atoms with E-state index >= 15 is 0 Å². The molecular weight excluding hydrogens is 562 g/mol. The van der Waals surface area contributed by atoms with Gasteiger partial charge in [-0.05, 0) is 60.2 Å². The van der Waals surface area contributed by atoms with Gasteiger partial charge in [0.05, 0.1) is 16.8 Å². The molecule has 0 unspecified atom stereocenters. The van der Waals surface area contributed by atoms with E-state index in [2.05, 4.69) is 20.8 Å². The van der Waals surface area contributed by atoms with Gasteiger partial charge >= 0.3 is 0 Å². The Hall–Kier alpha value is -5.06.